The summed E-state index contributed by atoms with van der Waals surface area (Å²) in [5.41, 5.74) is 2.42. The van der Waals surface area contributed by atoms with E-state index in [4.69, 9.17) is 4.74 Å². The van der Waals surface area contributed by atoms with Gasteiger partial charge in [-0.1, -0.05) is 18.0 Å². The molecule has 104 valence electrons. The molecular formula is C14H21N3OS. The Morgan fingerprint density at radius 1 is 1.37 bits per heavy atom. The first-order chi connectivity index (χ1) is 9.21. The molecule has 0 aromatic carbocycles. The molecule has 0 saturated carbocycles. The fourth-order valence-corrected chi connectivity index (χ4v) is 3.74. The topological polar surface area (TPSA) is 28.6 Å². The first-order valence-corrected chi connectivity index (χ1v) is 7.94. The molecule has 0 radical (unpaired) electrons. The van der Waals surface area contributed by atoms with E-state index in [0.29, 0.717) is 5.88 Å². The number of rotatable bonds is 4. The molecule has 3 rings (SSSR count). The summed E-state index contributed by atoms with van der Waals surface area (Å²) in [4.78, 5) is 7.09. The van der Waals surface area contributed by atoms with E-state index in [0.717, 1.165) is 24.3 Å². The van der Waals surface area contributed by atoms with Gasteiger partial charge in [-0.25, -0.2) is 9.29 Å². The number of aryl methyl sites for hydroxylation is 1. The lowest BCUT2D eigenvalue weighted by molar-refractivity contribution is -0.0471. The molecule has 0 N–H and O–H groups in total. The summed E-state index contributed by atoms with van der Waals surface area (Å²) in [6.45, 7) is 5.49. The molecule has 2 fully saturated rings. The summed E-state index contributed by atoms with van der Waals surface area (Å²) in [6, 6.07) is 5.58. The van der Waals surface area contributed by atoms with Gasteiger partial charge in [-0.2, -0.15) is 0 Å². The number of pyridine rings is 1. The lowest BCUT2D eigenvalue weighted by Crippen LogP contribution is -2.66. The number of nitrogens with zero attached hydrogens (tertiary/aromatic N) is 3. The maximum Gasteiger partial charge on any atom is 0.213 e. The van der Waals surface area contributed by atoms with Crippen molar-refractivity contribution >= 4 is 11.9 Å². The third-order valence-electron chi connectivity index (χ3n) is 4.30. The summed E-state index contributed by atoms with van der Waals surface area (Å²) >= 11 is 1.87. The van der Waals surface area contributed by atoms with E-state index in [-0.39, 0.29) is 0 Å². The molecule has 1 aromatic heterocycles. The number of fused-ring (bicyclic) bond motifs is 2. The van der Waals surface area contributed by atoms with Crippen LogP contribution in [0.25, 0.3) is 0 Å². The summed E-state index contributed by atoms with van der Waals surface area (Å²) in [5.74, 6) is 0.707. The predicted octanol–water partition coefficient (Wildman–Crippen LogP) is 1.94. The Kier molecular flexibility index (Phi) is 3.69. The molecule has 19 heavy (non-hydrogen) atoms. The Bertz CT molecular complexity index is 456. The van der Waals surface area contributed by atoms with Crippen LogP contribution in [-0.2, 0) is 6.54 Å². The molecule has 2 saturated heterocycles. The van der Waals surface area contributed by atoms with Crippen LogP contribution in [0.4, 0.5) is 0 Å². The lowest BCUT2D eigenvalue weighted by atomic mass is 9.88. The van der Waals surface area contributed by atoms with Crippen LogP contribution in [0.15, 0.2) is 12.1 Å². The molecule has 2 bridgehead atoms. The molecule has 2 aliphatic rings. The summed E-state index contributed by atoms with van der Waals surface area (Å²) < 4.78 is 7.64. The second-order valence-corrected chi connectivity index (χ2v) is 6.22. The highest BCUT2D eigenvalue weighted by Gasteiger charge is 2.44. The van der Waals surface area contributed by atoms with Crippen molar-refractivity contribution in [1.29, 1.82) is 0 Å². The van der Waals surface area contributed by atoms with E-state index in [1.807, 2.05) is 18.0 Å². The highest BCUT2D eigenvalue weighted by atomic mass is 32.2. The number of hydrogen-bond donors (Lipinski definition) is 0. The monoisotopic (exact) mass is 279 g/mol. The van der Waals surface area contributed by atoms with E-state index in [1.54, 1.807) is 7.11 Å². The molecule has 1 aromatic rings. The van der Waals surface area contributed by atoms with Gasteiger partial charge in [0.1, 0.15) is 0 Å². The van der Waals surface area contributed by atoms with Crippen molar-refractivity contribution in [2.24, 2.45) is 0 Å². The average Bonchev–Trinajstić information content (AvgIpc) is 2.45. The smallest absolute Gasteiger partial charge is 0.213 e. The highest BCUT2D eigenvalue weighted by Crippen LogP contribution is 2.35. The van der Waals surface area contributed by atoms with Gasteiger partial charge >= 0.3 is 0 Å². The van der Waals surface area contributed by atoms with E-state index < -0.39 is 0 Å². The summed E-state index contributed by atoms with van der Waals surface area (Å²) in [5, 5.41) is 0. The van der Waals surface area contributed by atoms with E-state index in [2.05, 4.69) is 33.4 Å². The van der Waals surface area contributed by atoms with Crippen LogP contribution in [0.5, 0.6) is 5.88 Å². The number of hydrogen-bond acceptors (Lipinski definition) is 5. The predicted molar refractivity (Wildman–Crippen MR) is 78.4 cm³/mol. The minimum Gasteiger partial charge on any atom is -0.481 e. The number of piperidine rings is 1. The number of methoxy groups -OCH3 is 1. The van der Waals surface area contributed by atoms with Gasteiger partial charge in [-0.3, -0.25) is 4.90 Å². The summed E-state index contributed by atoms with van der Waals surface area (Å²) in [7, 11) is 1.66. The Morgan fingerprint density at radius 3 is 2.68 bits per heavy atom. The number of ether oxygens (including phenoxy) is 1. The molecule has 4 nitrogen and oxygen atoms in total. The molecular weight excluding hydrogens is 258 g/mol. The number of aromatic nitrogens is 1. The molecule has 2 aliphatic heterocycles. The van der Waals surface area contributed by atoms with Crippen molar-refractivity contribution in [3.05, 3.63) is 23.4 Å². The zero-order chi connectivity index (χ0) is 13.4. The Balaban J connectivity index is 1.67. The summed E-state index contributed by atoms with van der Waals surface area (Å²) in [6.07, 6.45) is 3.53. The van der Waals surface area contributed by atoms with E-state index >= 15 is 0 Å². The number of piperazine rings is 1. The maximum atomic E-state index is 5.16. The molecule has 0 spiro atoms. The Hall–Kier alpha value is -0.780. The van der Waals surface area contributed by atoms with Crippen LogP contribution in [0, 0.1) is 6.92 Å². The van der Waals surface area contributed by atoms with Gasteiger partial charge < -0.3 is 4.74 Å². The molecule has 2 atom stereocenters. The van der Waals surface area contributed by atoms with Crippen molar-refractivity contribution in [3.63, 3.8) is 0 Å². The van der Waals surface area contributed by atoms with Gasteiger partial charge in [-0.05, 0) is 25.2 Å². The van der Waals surface area contributed by atoms with Crippen LogP contribution < -0.4 is 4.74 Å². The molecule has 3 heterocycles. The Labute approximate surface area is 119 Å². The van der Waals surface area contributed by atoms with E-state index in [9.17, 15) is 0 Å². The SMILES string of the molecule is COc1ccc(CN2C3CC2CN(SC)C3)c(C)n1. The molecule has 0 aliphatic carbocycles. The van der Waals surface area contributed by atoms with Gasteiger partial charge in [0.25, 0.3) is 0 Å². The average molecular weight is 279 g/mol. The fraction of sp³-hybridized carbons (Fsp3) is 0.643. The van der Waals surface area contributed by atoms with Crippen LogP contribution in [-0.4, -0.2) is 52.7 Å². The molecule has 5 heteroatoms. The quantitative estimate of drug-likeness (QED) is 0.786. The third kappa shape index (κ3) is 2.47. The lowest BCUT2D eigenvalue weighted by Gasteiger charge is -2.56. The van der Waals surface area contributed by atoms with Gasteiger partial charge in [0, 0.05) is 43.5 Å². The van der Waals surface area contributed by atoms with Gasteiger partial charge in [0.2, 0.25) is 5.88 Å². The molecule has 0 amide bonds. The molecule has 2 unspecified atom stereocenters. The van der Waals surface area contributed by atoms with Crippen molar-refractivity contribution < 1.29 is 4.74 Å². The zero-order valence-electron chi connectivity index (χ0n) is 11.8. The van der Waals surface area contributed by atoms with Crippen molar-refractivity contribution in [2.45, 2.75) is 32.0 Å². The standard InChI is InChI=1S/C14H21N3OS/c1-10-11(4-5-14(15-10)18-2)7-17-12-6-13(17)9-16(8-12)19-3/h4-5,12-13H,6-9H2,1-3H3. The van der Waals surface area contributed by atoms with Crippen LogP contribution in [0.2, 0.25) is 0 Å². The van der Waals surface area contributed by atoms with Crippen molar-refractivity contribution in [3.8, 4) is 5.88 Å². The van der Waals surface area contributed by atoms with Gasteiger partial charge in [-0.15, -0.1) is 0 Å². The van der Waals surface area contributed by atoms with Crippen molar-refractivity contribution in [2.75, 3.05) is 26.5 Å². The van der Waals surface area contributed by atoms with Gasteiger partial charge in [0.05, 0.1) is 7.11 Å². The first kappa shape index (κ1) is 13.2. The van der Waals surface area contributed by atoms with E-state index in [1.165, 1.54) is 25.1 Å². The minimum absolute atomic E-state index is 0.707. The first-order valence-electron chi connectivity index (χ1n) is 6.76. The minimum atomic E-state index is 0.707. The normalized spacial score (nSPS) is 27.1. The third-order valence-corrected chi connectivity index (χ3v) is 5.12. The largest absolute Gasteiger partial charge is 0.481 e. The van der Waals surface area contributed by atoms with Crippen molar-refractivity contribution in [1.82, 2.24) is 14.2 Å². The second-order valence-electron chi connectivity index (χ2n) is 5.34. The van der Waals surface area contributed by atoms with Crippen LogP contribution >= 0.6 is 11.9 Å². The fourth-order valence-electron chi connectivity index (χ4n) is 3.10. The second kappa shape index (κ2) is 5.31. The van der Waals surface area contributed by atoms with Gasteiger partial charge in [0.15, 0.2) is 0 Å². The Morgan fingerprint density at radius 2 is 2.11 bits per heavy atom. The maximum absolute atomic E-state index is 5.16. The number of likely N-dealkylation sites (tertiary alicyclic amines) is 1. The zero-order valence-corrected chi connectivity index (χ0v) is 12.6. The van der Waals surface area contributed by atoms with Crippen LogP contribution in [0.1, 0.15) is 17.7 Å². The van der Waals surface area contributed by atoms with Crippen LogP contribution in [0.3, 0.4) is 0 Å². The highest BCUT2D eigenvalue weighted by molar-refractivity contribution is 7.96.